The smallest absolute Gasteiger partial charge is 0.191 e. The first-order chi connectivity index (χ1) is 13.3. The van der Waals surface area contributed by atoms with Crippen LogP contribution in [0.2, 0.25) is 0 Å². The van der Waals surface area contributed by atoms with Crippen LogP contribution in [0.1, 0.15) is 25.0 Å². The van der Waals surface area contributed by atoms with Crippen LogP contribution in [0.4, 0.5) is 0 Å². The van der Waals surface area contributed by atoms with E-state index in [1.54, 1.807) is 11.3 Å². The topological polar surface area (TPSA) is 65.4 Å². The highest BCUT2D eigenvalue weighted by Crippen LogP contribution is 2.20. The average molecular weight is 405 g/mol. The summed E-state index contributed by atoms with van der Waals surface area (Å²) in [5.74, 6) is 1.99. The zero-order valence-corrected chi connectivity index (χ0v) is 17.4. The Morgan fingerprint density at radius 1 is 1.30 bits per heavy atom. The molecule has 3 rings (SSSR count). The molecule has 6 nitrogen and oxygen atoms in total. The highest BCUT2D eigenvalue weighted by Gasteiger charge is 2.20. The van der Waals surface area contributed by atoms with Crippen LogP contribution in [-0.4, -0.2) is 59.3 Å². The van der Waals surface area contributed by atoms with Crippen LogP contribution < -0.4 is 10.6 Å². The van der Waals surface area contributed by atoms with Crippen molar-refractivity contribution in [2.45, 2.75) is 36.2 Å². The van der Waals surface area contributed by atoms with Crippen molar-refractivity contribution in [1.82, 2.24) is 25.5 Å². The van der Waals surface area contributed by atoms with E-state index in [0.717, 1.165) is 67.2 Å². The van der Waals surface area contributed by atoms with Crippen molar-refractivity contribution in [3.05, 3.63) is 41.7 Å². The molecule has 0 aliphatic carbocycles. The third-order valence-corrected chi connectivity index (χ3v) is 6.56. The van der Waals surface area contributed by atoms with Gasteiger partial charge in [0.2, 0.25) is 0 Å². The second-order valence-corrected chi connectivity index (χ2v) is 8.75. The van der Waals surface area contributed by atoms with E-state index < -0.39 is 0 Å². The highest BCUT2D eigenvalue weighted by molar-refractivity contribution is 8.00. The largest absolute Gasteiger partial charge is 0.356 e. The summed E-state index contributed by atoms with van der Waals surface area (Å²) in [6.07, 6.45) is 7.09. The van der Waals surface area contributed by atoms with Crippen LogP contribution in [0, 0.1) is 0 Å². The molecule has 1 saturated heterocycles. The molecule has 1 aliphatic rings. The Bertz CT molecular complexity index is 669. The number of pyridine rings is 1. The number of hydrogen-bond donors (Lipinski definition) is 2. The van der Waals surface area contributed by atoms with Crippen LogP contribution in [0.15, 0.2) is 45.3 Å². The fraction of sp³-hybridized carbons (Fsp3) is 0.526. The number of nitrogens with zero attached hydrogens (tertiary/aromatic N) is 4. The van der Waals surface area contributed by atoms with Gasteiger partial charge < -0.3 is 10.6 Å². The predicted octanol–water partition coefficient (Wildman–Crippen LogP) is 2.85. The molecule has 8 heteroatoms. The Balaban J connectivity index is 1.30. The Labute approximate surface area is 169 Å². The van der Waals surface area contributed by atoms with Gasteiger partial charge in [-0.2, -0.15) is 0 Å². The molecule has 27 heavy (non-hydrogen) atoms. The summed E-state index contributed by atoms with van der Waals surface area (Å²) in [7, 11) is 1.84. The fourth-order valence-electron chi connectivity index (χ4n) is 3.06. The molecule has 0 atom stereocenters. The van der Waals surface area contributed by atoms with Gasteiger partial charge >= 0.3 is 0 Å². The fourth-order valence-corrected chi connectivity index (χ4v) is 4.71. The molecule has 0 spiro atoms. The molecule has 0 aromatic carbocycles. The molecule has 2 N–H and O–H groups in total. The lowest BCUT2D eigenvalue weighted by Gasteiger charge is -2.32. The van der Waals surface area contributed by atoms with Gasteiger partial charge in [-0.05, 0) is 31.4 Å². The van der Waals surface area contributed by atoms with E-state index in [4.69, 9.17) is 0 Å². The number of aliphatic imine (C=N–C) groups is 1. The van der Waals surface area contributed by atoms with E-state index in [0.29, 0.717) is 6.04 Å². The summed E-state index contributed by atoms with van der Waals surface area (Å²) < 4.78 is 1.15. The van der Waals surface area contributed by atoms with Crippen LogP contribution in [0.5, 0.6) is 0 Å². The number of hydrogen-bond acceptors (Lipinski definition) is 6. The Morgan fingerprint density at radius 3 is 2.89 bits per heavy atom. The lowest BCUT2D eigenvalue weighted by Crippen LogP contribution is -2.48. The number of guanidine groups is 1. The summed E-state index contributed by atoms with van der Waals surface area (Å²) in [6, 6.07) is 6.61. The van der Waals surface area contributed by atoms with Crippen molar-refractivity contribution in [3.63, 3.8) is 0 Å². The van der Waals surface area contributed by atoms with Gasteiger partial charge in [-0.15, -0.1) is 11.3 Å². The second kappa shape index (κ2) is 11.3. The van der Waals surface area contributed by atoms with E-state index in [1.807, 2.05) is 42.6 Å². The SMILES string of the molecule is CN=C(NCCCSc1nccs1)NC1CCN(Cc2ccccn2)CC1. The van der Waals surface area contributed by atoms with Gasteiger partial charge in [-0.3, -0.25) is 14.9 Å². The number of thioether (sulfide) groups is 1. The zero-order valence-electron chi connectivity index (χ0n) is 15.8. The molecule has 0 radical (unpaired) electrons. The van der Waals surface area contributed by atoms with Crippen LogP contribution >= 0.6 is 23.1 Å². The molecule has 1 aliphatic heterocycles. The van der Waals surface area contributed by atoms with E-state index in [-0.39, 0.29) is 0 Å². The molecule has 1 fully saturated rings. The lowest BCUT2D eigenvalue weighted by molar-refractivity contribution is 0.196. The second-order valence-electron chi connectivity index (χ2n) is 6.51. The Morgan fingerprint density at radius 2 is 2.19 bits per heavy atom. The van der Waals surface area contributed by atoms with Crippen molar-refractivity contribution < 1.29 is 0 Å². The van der Waals surface area contributed by atoms with Gasteiger partial charge in [0.25, 0.3) is 0 Å². The molecule has 0 unspecified atom stereocenters. The number of likely N-dealkylation sites (tertiary alicyclic amines) is 1. The maximum absolute atomic E-state index is 4.43. The first kappa shape index (κ1) is 20.1. The van der Waals surface area contributed by atoms with E-state index in [1.165, 1.54) is 0 Å². The van der Waals surface area contributed by atoms with Crippen LogP contribution in [0.25, 0.3) is 0 Å². The van der Waals surface area contributed by atoms with Crippen LogP contribution in [0.3, 0.4) is 0 Å². The van der Waals surface area contributed by atoms with Crippen molar-refractivity contribution in [1.29, 1.82) is 0 Å². The minimum absolute atomic E-state index is 0.487. The first-order valence-corrected chi connectivity index (χ1v) is 11.3. The quantitative estimate of drug-likeness (QED) is 0.305. The number of thiazole rings is 1. The Hall–Kier alpha value is -1.64. The number of nitrogens with one attached hydrogen (secondary N) is 2. The standard InChI is InChI=1S/C19H28N6S2/c1-20-18(22-9-4-13-26-19-23-10-14-27-19)24-16-6-11-25(12-7-16)15-17-5-2-3-8-21-17/h2-3,5,8,10,14,16H,4,6-7,9,11-13,15H2,1H3,(H2,20,22,24). The molecule has 3 heterocycles. The molecule has 0 saturated carbocycles. The minimum atomic E-state index is 0.487. The summed E-state index contributed by atoms with van der Waals surface area (Å²) in [5.41, 5.74) is 1.15. The van der Waals surface area contributed by atoms with Crippen molar-refractivity contribution in [3.8, 4) is 0 Å². The minimum Gasteiger partial charge on any atom is -0.356 e. The van der Waals surface area contributed by atoms with Crippen molar-refractivity contribution in [2.75, 3.05) is 32.4 Å². The highest BCUT2D eigenvalue weighted by atomic mass is 32.2. The third-order valence-electron chi connectivity index (χ3n) is 4.51. The normalized spacial score (nSPS) is 16.4. The Kier molecular flexibility index (Phi) is 8.38. The van der Waals surface area contributed by atoms with Gasteiger partial charge in [0.15, 0.2) is 5.96 Å². The zero-order chi connectivity index (χ0) is 18.7. The van der Waals surface area contributed by atoms with E-state index in [9.17, 15) is 0 Å². The number of rotatable bonds is 8. The summed E-state index contributed by atoms with van der Waals surface area (Å²) in [6.45, 7) is 4.05. The molecule has 0 bridgehead atoms. The molecule has 0 amide bonds. The van der Waals surface area contributed by atoms with Gasteiger partial charge in [0.05, 0.1) is 5.69 Å². The molecule has 2 aromatic heterocycles. The average Bonchev–Trinajstić information content (AvgIpc) is 3.22. The summed E-state index contributed by atoms with van der Waals surface area (Å²) >= 11 is 3.52. The van der Waals surface area contributed by atoms with E-state index in [2.05, 4.69) is 42.6 Å². The maximum atomic E-state index is 4.43. The molecular weight excluding hydrogens is 376 g/mol. The number of aromatic nitrogens is 2. The summed E-state index contributed by atoms with van der Waals surface area (Å²) in [4.78, 5) is 15.6. The maximum Gasteiger partial charge on any atom is 0.191 e. The third kappa shape index (κ3) is 7.12. The molecule has 146 valence electrons. The van der Waals surface area contributed by atoms with Gasteiger partial charge in [0.1, 0.15) is 4.34 Å². The molecular formula is C19H28N6S2. The van der Waals surface area contributed by atoms with Gasteiger partial charge in [-0.1, -0.05) is 17.8 Å². The predicted molar refractivity (Wildman–Crippen MR) is 114 cm³/mol. The van der Waals surface area contributed by atoms with Gasteiger partial charge in [0, 0.05) is 62.8 Å². The first-order valence-electron chi connectivity index (χ1n) is 9.45. The summed E-state index contributed by atoms with van der Waals surface area (Å²) in [5, 5.41) is 9.03. The van der Waals surface area contributed by atoms with Gasteiger partial charge in [-0.25, -0.2) is 4.98 Å². The van der Waals surface area contributed by atoms with E-state index >= 15 is 0 Å². The van der Waals surface area contributed by atoms with Crippen molar-refractivity contribution in [2.24, 2.45) is 4.99 Å². The number of piperidine rings is 1. The lowest BCUT2D eigenvalue weighted by atomic mass is 10.0. The van der Waals surface area contributed by atoms with Crippen molar-refractivity contribution >= 4 is 29.1 Å². The van der Waals surface area contributed by atoms with Crippen LogP contribution in [-0.2, 0) is 6.54 Å². The molecule has 2 aromatic rings. The monoisotopic (exact) mass is 404 g/mol.